The van der Waals surface area contributed by atoms with E-state index in [9.17, 15) is 4.79 Å². The highest BCUT2D eigenvalue weighted by atomic mass is 16.3. The number of carbonyl (C=O) groups is 1. The predicted octanol–water partition coefficient (Wildman–Crippen LogP) is 3.82. The molecular weight excluding hydrogens is 224 g/mol. The normalized spacial score (nSPS) is 11.3. The molecule has 2 nitrogen and oxygen atoms in total. The average molecular weight is 238 g/mol. The van der Waals surface area contributed by atoms with Crippen molar-refractivity contribution in [1.29, 1.82) is 0 Å². The molecule has 0 bridgehead atoms. The van der Waals surface area contributed by atoms with E-state index < -0.39 is 0 Å². The second kappa shape index (κ2) is 6.40. The van der Waals surface area contributed by atoms with Crippen molar-refractivity contribution in [2.75, 3.05) is 0 Å². The molecule has 0 saturated heterocycles. The van der Waals surface area contributed by atoms with Gasteiger partial charge in [0.1, 0.15) is 0 Å². The van der Waals surface area contributed by atoms with Crippen molar-refractivity contribution in [2.24, 2.45) is 0 Å². The number of hydrogen-bond donors (Lipinski definition) is 0. The van der Waals surface area contributed by atoms with Crippen LogP contribution < -0.4 is 0 Å². The Hall–Kier alpha value is -2.35. The summed E-state index contributed by atoms with van der Waals surface area (Å²) in [6.07, 6.45) is 9.47. The van der Waals surface area contributed by atoms with E-state index in [1.54, 1.807) is 18.2 Å². The number of allylic oxidation sites excluding steroid dienone is 4. The zero-order valence-electron chi connectivity index (χ0n) is 9.95. The molecule has 0 fully saturated rings. The number of benzene rings is 1. The fraction of sp³-hybridized carbons (Fsp3) is 0.0625. The third-order valence-corrected chi connectivity index (χ3v) is 2.46. The summed E-state index contributed by atoms with van der Waals surface area (Å²) >= 11 is 0. The van der Waals surface area contributed by atoms with Crippen LogP contribution in [-0.4, -0.2) is 5.78 Å². The Bertz CT molecular complexity index is 534. The summed E-state index contributed by atoms with van der Waals surface area (Å²) in [5, 5.41) is 0. The third-order valence-electron chi connectivity index (χ3n) is 2.46. The molecule has 90 valence electrons. The molecule has 0 amide bonds. The van der Waals surface area contributed by atoms with Gasteiger partial charge in [-0.15, -0.1) is 0 Å². The van der Waals surface area contributed by atoms with E-state index >= 15 is 0 Å². The van der Waals surface area contributed by atoms with Gasteiger partial charge in [-0.05, 0) is 30.2 Å². The standard InChI is InChI=1S/C16H14O2/c17-15(16-12-7-13-18-16)11-6-2-5-10-14-8-3-1-4-9-14/h1-9,11-13H,10H2/b5-2-,11-6+. The van der Waals surface area contributed by atoms with Gasteiger partial charge in [0.05, 0.1) is 6.26 Å². The van der Waals surface area contributed by atoms with Crippen LogP contribution in [-0.2, 0) is 6.42 Å². The second-order valence-corrected chi connectivity index (χ2v) is 3.82. The Balaban J connectivity index is 1.83. The molecule has 1 aromatic carbocycles. The molecule has 0 aliphatic heterocycles. The molecule has 0 aliphatic rings. The summed E-state index contributed by atoms with van der Waals surface area (Å²) in [4.78, 5) is 11.5. The highest BCUT2D eigenvalue weighted by molar-refractivity contribution is 6.02. The van der Waals surface area contributed by atoms with E-state index in [1.165, 1.54) is 17.9 Å². The Morgan fingerprint density at radius 3 is 2.61 bits per heavy atom. The maximum absolute atomic E-state index is 11.5. The number of carbonyl (C=O) groups excluding carboxylic acids is 1. The third kappa shape index (κ3) is 3.59. The van der Waals surface area contributed by atoms with Crippen LogP contribution in [0.5, 0.6) is 0 Å². The fourth-order valence-electron chi connectivity index (χ4n) is 1.54. The van der Waals surface area contributed by atoms with Crippen LogP contribution in [0.25, 0.3) is 0 Å². The molecule has 2 heteroatoms. The molecule has 0 N–H and O–H groups in total. The molecule has 2 rings (SSSR count). The molecule has 0 aliphatic carbocycles. The summed E-state index contributed by atoms with van der Waals surface area (Å²) < 4.78 is 5.00. The van der Waals surface area contributed by atoms with E-state index in [0.29, 0.717) is 5.76 Å². The van der Waals surface area contributed by atoms with Gasteiger partial charge >= 0.3 is 0 Å². The topological polar surface area (TPSA) is 30.2 Å². The van der Waals surface area contributed by atoms with Gasteiger partial charge in [-0.1, -0.05) is 48.6 Å². The lowest BCUT2D eigenvalue weighted by molar-refractivity contribution is 0.102. The highest BCUT2D eigenvalue weighted by Gasteiger charge is 2.01. The van der Waals surface area contributed by atoms with Gasteiger partial charge in [0.15, 0.2) is 5.76 Å². The summed E-state index contributed by atoms with van der Waals surface area (Å²) in [6.45, 7) is 0. The van der Waals surface area contributed by atoms with Crippen LogP contribution in [0.2, 0.25) is 0 Å². The van der Waals surface area contributed by atoms with Gasteiger partial charge in [-0.2, -0.15) is 0 Å². The molecule has 1 heterocycles. The maximum atomic E-state index is 11.5. The molecule has 1 aromatic heterocycles. The van der Waals surface area contributed by atoms with E-state index in [1.807, 2.05) is 30.4 Å². The van der Waals surface area contributed by atoms with Crippen LogP contribution in [0, 0.1) is 0 Å². The van der Waals surface area contributed by atoms with Gasteiger partial charge < -0.3 is 4.42 Å². The first-order chi connectivity index (χ1) is 8.86. The monoisotopic (exact) mass is 238 g/mol. The summed E-state index contributed by atoms with van der Waals surface area (Å²) in [6, 6.07) is 13.5. The maximum Gasteiger partial charge on any atom is 0.220 e. The lowest BCUT2D eigenvalue weighted by Crippen LogP contribution is -1.89. The number of ketones is 1. The molecule has 0 unspecified atom stereocenters. The lowest BCUT2D eigenvalue weighted by Gasteiger charge is -1.92. The number of furan rings is 1. The highest BCUT2D eigenvalue weighted by Crippen LogP contribution is 2.03. The molecule has 0 radical (unpaired) electrons. The molecular formula is C16H14O2. The lowest BCUT2D eigenvalue weighted by atomic mass is 10.1. The van der Waals surface area contributed by atoms with Gasteiger partial charge in [-0.3, -0.25) is 4.79 Å². The molecule has 0 spiro atoms. The van der Waals surface area contributed by atoms with Crippen molar-refractivity contribution in [3.05, 3.63) is 84.4 Å². The number of rotatable bonds is 5. The fourth-order valence-corrected chi connectivity index (χ4v) is 1.54. The molecule has 18 heavy (non-hydrogen) atoms. The van der Waals surface area contributed by atoms with E-state index in [0.717, 1.165) is 6.42 Å². The Kier molecular flexibility index (Phi) is 4.31. The molecule has 2 aromatic rings. The molecule has 0 saturated carbocycles. The van der Waals surface area contributed by atoms with Gasteiger partial charge in [0, 0.05) is 0 Å². The SMILES string of the molecule is O=C(/C=C/C=C\Cc1ccccc1)c1ccco1. The summed E-state index contributed by atoms with van der Waals surface area (Å²) in [5.41, 5.74) is 1.25. The Labute approximate surface area is 106 Å². The van der Waals surface area contributed by atoms with E-state index in [4.69, 9.17) is 4.42 Å². The minimum absolute atomic E-state index is 0.121. The Morgan fingerprint density at radius 2 is 1.89 bits per heavy atom. The van der Waals surface area contributed by atoms with Crippen molar-refractivity contribution >= 4 is 5.78 Å². The zero-order valence-corrected chi connectivity index (χ0v) is 9.95. The van der Waals surface area contributed by atoms with Crippen molar-refractivity contribution < 1.29 is 9.21 Å². The average Bonchev–Trinajstić information content (AvgIpc) is 2.93. The van der Waals surface area contributed by atoms with E-state index in [-0.39, 0.29) is 5.78 Å². The van der Waals surface area contributed by atoms with Crippen molar-refractivity contribution in [2.45, 2.75) is 6.42 Å². The van der Waals surface area contributed by atoms with Crippen LogP contribution in [0.1, 0.15) is 16.1 Å². The van der Waals surface area contributed by atoms with Gasteiger partial charge in [0.25, 0.3) is 0 Å². The first kappa shape index (κ1) is 12.1. The minimum atomic E-state index is -0.121. The second-order valence-electron chi connectivity index (χ2n) is 3.82. The predicted molar refractivity (Wildman–Crippen MR) is 71.5 cm³/mol. The quantitative estimate of drug-likeness (QED) is 0.450. The van der Waals surface area contributed by atoms with Gasteiger partial charge in [-0.25, -0.2) is 0 Å². The van der Waals surface area contributed by atoms with Crippen molar-refractivity contribution in [3.8, 4) is 0 Å². The minimum Gasteiger partial charge on any atom is -0.461 e. The van der Waals surface area contributed by atoms with Crippen LogP contribution in [0.3, 0.4) is 0 Å². The molecule has 0 atom stereocenters. The van der Waals surface area contributed by atoms with Crippen LogP contribution in [0.4, 0.5) is 0 Å². The summed E-state index contributed by atoms with van der Waals surface area (Å²) in [5.74, 6) is 0.243. The first-order valence-corrected chi connectivity index (χ1v) is 5.81. The van der Waals surface area contributed by atoms with E-state index in [2.05, 4.69) is 12.1 Å². The van der Waals surface area contributed by atoms with Crippen molar-refractivity contribution in [3.63, 3.8) is 0 Å². The smallest absolute Gasteiger partial charge is 0.220 e. The van der Waals surface area contributed by atoms with Gasteiger partial charge in [0.2, 0.25) is 5.78 Å². The zero-order chi connectivity index (χ0) is 12.6. The van der Waals surface area contributed by atoms with Crippen LogP contribution in [0.15, 0.2) is 77.4 Å². The number of hydrogen-bond acceptors (Lipinski definition) is 2. The van der Waals surface area contributed by atoms with Crippen LogP contribution >= 0.6 is 0 Å². The van der Waals surface area contributed by atoms with Crippen molar-refractivity contribution in [1.82, 2.24) is 0 Å². The Morgan fingerprint density at radius 1 is 1.06 bits per heavy atom. The summed E-state index contributed by atoms with van der Waals surface area (Å²) in [7, 11) is 0. The largest absolute Gasteiger partial charge is 0.461 e. The first-order valence-electron chi connectivity index (χ1n) is 5.81.